The van der Waals surface area contributed by atoms with Gasteiger partial charge in [-0.1, -0.05) is 19.9 Å². The number of ether oxygens (including phenoxy) is 1. The average Bonchev–Trinajstić information content (AvgIpc) is 2.51. The van der Waals surface area contributed by atoms with Gasteiger partial charge < -0.3 is 20.1 Å². The smallest absolute Gasteiger partial charge is 0.305 e. The number of rotatable bonds is 6. The summed E-state index contributed by atoms with van der Waals surface area (Å²) in [5.74, 6) is -0.994. The second-order valence-corrected chi connectivity index (χ2v) is 6.22. The van der Waals surface area contributed by atoms with Crippen LogP contribution in [0.2, 0.25) is 0 Å². The van der Waals surface area contributed by atoms with Crippen molar-refractivity contribution in [3.8, 4) is 5.75 Å². The Morgan fingerprint density at radius 3 is 2.71 bits per heavy atom. The molecule has 2 rings (SSSR count). The zero-order valence-corrected chi connectivity index (χ0v) is 14.0. The Labute approximate surface area is 140 Å². The molecule has 1 aromatic rings. The molecule has 1 heterocycles. The zero-order chi connectivity index (χ0) is 17.9. The van der Waals surface area contributed by atoms with E-state index < -0.39 is 12.1 Å². The first kappa shape index (κ1) is 17.8. The van der Waals surface area contributed by atoms with Gasteiger partial charge in [0.15, 0.2) is 11.9 Å². The third kappa shape index (κ3) is 4.04. The Morgan fingerprint density at radius 2 is 2.08 bits per heavy atom. The largest absolute Gasteiger partial charge is 0.481 e. The summed E-state index contributed by atoms with van der Waals surface area (Å²) in [6, 6.07) is 4.95. The Balaban J connectivity index is 2.31. The molecule has 24 heavy (non-hydrogen) atoms. The van der Waals surface area contributed by atoms with E-state index in [9.17, 15) is 14.4 Å². The van der Waals surface area contributed by atoms with Gasteiger partial charge in [0.25, 0.3) is 11.8 Å². The van der Waals surface area contributed by atoms with Gasteiger partial charge in [0.1, 0.15) is 0 Å². The van der Waals surface area contributed by atoms with Crippen molar-refractivity contribution in [3.05, 3.63) is 23.8 Å². The number of carboxylic acid groups (broad SMARTS) is 1. The van der Waals surface area contributed by atoms with Gasteiger partial charge in [-0.3, -0.25) is 14.4 Å². The SMILES string of the molecule is CC(C)CN(CCC(=O)O)C(=O)c1cccc2c1OC(C)C(=O)N2. The van der Waals surface area contributed by atoms with E-state index in [-0.39, 0.29) is 30.7 Å². The van der Waals surface area contributed by atoms with Crippen LogP contribution in [-0.4, -0.2) is 47.0 Å². The normalized spacial score (nSPS) is 16.2. The summed E-state index contributed by atoms with van der Waals surface area (Å²) in [6.07, 6.45) is -0.814. The van der Waals surface area contributed by atoms with Crippen molar-refractivity contribution in [3.63, 3.8) is 0 Å². The maximum atomic E-state index is 12.9. The topological polar surface area (TPSA) is 95.9 Å². The number of anilines is 1. The summed E-state index contributed by atoms with van der Waals surface area (Å²) in [4.78, 5) is 37.0. The molecule has 0 aliphatic carbocycles. The van der Waals surface area contributed by atoms with E-state index in [1.54, 1.807) is 25.1 Å². The van der Waals surface area contributed by atoms with Gasteiger partial charge in [-0.15, -0.1) is 0 Å². The van der Waals surface area contributed by atoms with Crippen LogP contribution in [0.3, 0.4) is 0 Å². The first-order chi connectivity index (χ1) is 11.3. The maximum Gasteiger partial charge on any atom is 0.305 e. The molecule has 1 atom stereocenters. The second-order valence-electron chi connectivity index (χ2n) is 6.22. The summed E-state index contributed by atoms with van der Waals surface area (Å²) in [7, 11) is 0. The molecule has 2 N–H and O–H groups in total. The van der Waals surface area contributed by atoms with Gasteiger partial charge in [0.2, 0.25) is 0 Å². The number of hydrogen-bond acceptors (Lipinski definition) is 4. The third-order valence-corrected chi connectivity index (χ3v) is 3.64. The summed E-state index contributed by atoms with van der Waals surface area (Å²) >= 11 is 0. The van der Waals surface area contributed by atoms with E-state index in [1.165, 1.54) is 4.90 Å². The number of carbonyl (C=O) groups excluding carboxylic acids is 2. The van der Waals surface area contributed by atoms with Gasteiger partial charge in [0.05, 0.1) is 17.7 Å². The highest BCUT2D eigenvalue weighted by Crippen LogP contribution is 2.34. The van der Waals surface area contributed by atoms with E-state index in [1.807, 2.05) is 13.8 Å². The van der Waals surface area contributed by atoms with Crippen molar-refractivity contribution < 1.29 is 24.2 Å². The minimum atomic E-state index is -0.955. The van der Waals surface area contributed by atoms with Crippen LogP contribution in [-0.2, 0) is 9.59 Å². The lowest BCUT2D eigenvalue weighted by molar-refractivity contribution is -0.137. The van der Waals surface area contributed by atoms with Crippen molar-refractivity contribution in [1.82, 2.24) is 4.90 Å². The average molecular weight is 334 g/mol. The van der Waals surface area contributed by atoms with E-state index in [4.69, 9.17) is 9.84 Å². The molecule has 0 saturated carbocycles. The number of hydrogen-bond donors (Lipinski definition) is 2. The van der Waals surface area contributed by atoms with Crippen LogP contribution >= 0.6 is 0 Å². The molecular weight excluding hydrogens is 312 g/mol. The highest BCUT2D eigenvalue weighted by atomic mass is 16.5. The molecule has 1 aliphatic rings. The molecular formula is C17H22N2O5. The van der Waals surface area contributed by atoms with Crippen LogP contribution in [0.4, 0.5) is 5.69 Å². The number of nitrogens with one attached hydrogen (secondary N) is 1. The third-order valence-electron chi connectivity index (χ3n) is 3.64. The standard InChI is InChI=1S/C17H22N2O5/c1-10(2)9-19(8-7-14(20)21)17(23)12-5-4-6-13-15(12)24-11(3)16(22)18-13/h4-6,10-11H,7-9H2,1-3H3,(H,18,22)(H,20,21). The Kier molecular flexibility index (Phi) is 5.43. The number of nitrogens with zero attached hydrogens (tertiary/aromatic N) is 1. The molecule has 2 amide bonds. The molecule has 1 unspecified atom stereocenters. The monoisotopic (exact) mass is 334 g/mol. The molecule has 0 spiro atoms. The summed E-state index contributed by atoms with van der Waals surface area (Å²) in [5.41, 5.74) is 0.775. The van der Waals surface area contributed by atoms with Crippen LogP contribution < -0.4 is 10.1 Å². The highest BCUT2D eigenvalue weighted by molar-refractivity contribution is 6.04. The molecule has 130 valence electrons. The number of aliphatic carboxylic acids is 1. The van der Waals surface area contributed by atoms with Crippen molar-refractivity contribution in [2.45, 2.75) is 33.3 Å². The fourth-order valence-corrected chi connectivity index (χ4v) is 2.51. The summed E-state index contributed by atoms with van der Waals surface area (Å²) in [6.45, 7) is 6.09. The number of carbonyl (C=O) groups is 3. The van der Waals surface area contributed by atoms with Gasteiger partial charge in [-0.25, -0.2) is 0 Å². The first-order valence-electron chi connectivity index (χ1n) is 7.91. The lowest BCUT2D eigenvalue weighted by atomic mass is 10.1. The maximum absolute atomic E-state index is 12.9. The number of benzene rings is 1. The number of amides is 2. The van der Waals surface area contributed by atoms with E-state index in [2.05, 4.69) is 5.32 Å². The van der Waals surface area contributed by atoms with Crippen LogP contribution in [0.5, 0.6) is 5.75 Å². The van der Waals surface area contributed by atoms with Crippen molar-refractivity contribution in [1.29, 1.82) is 0 Å². The number of para-hydroxylation sites is 1. The summed E-state index contributed by atoms with van der Waals surface area (Å²) in [5, 5.41) is 11.6. The molecule has 1 aromatic carbocycles. The van der Waals surface area contributed by atoms with Crippen LogP contribution in [0.1, 0.15) is 37.6 Å². The molecule has 0 aromatic heterocycles. The second kappa shape index (κ2) is 7.33. The Hall–Kier alpha value is -2.57. The lowest BCUT2D eigenvalue weighted by Crippen LogP contribution is -2.38. The first-order valence-corrected chi connectivity index (χ1v) is 7.91. The highest BCUT2D eigenvalue weighted by Gasteiger charge is 2.29. The molecule has 0 bridgehead atoms. The Morgan fingerprint density at radius 1 is 1.38 bits per heavy atom. The lowest BCUT2D eigenvalue weighted by Gasteiger charge is -2.28. The van der Waals surface area contributed by atoms with Gasteiger partial charge >= 0.3 is 5.97 Å². The molecule has 0 radical (unpaired) electrons. The van der Waals surface area contributed by atoms with Crippen molar-refractivity contribution in [2.24, 2.45) is 5.92 Å². The van der Waals surface area contributed by atoms with E-state index in [0.717, 1.165) is 0 Å². The van der Waals surface area contributed by atoms with Crippen LogP contribution in [0, 0.1) is 5.92 Å². The van der Waals surface area contributed by atoms with Crippen molar-refractivity contribution >= 4 is 23.5 Å². The number of fused-ring (bicyclic) bond motifs is 1. The molecule has 0 fully saturated rings. The molecule has 7 nitrogen and oxygen atoms in total. The molecule has 1 aliphatic heterocycles. The number of carboxylic acids is 1. The van der Waals surface area contributed by atoms with Crippen molar-refractivity contribution in [2.75, 3.05) is 18.4 Å². The van der Waals surface area contributed by atoms with E-state index in [0.29, 0.717) is 23.5 Å². The van der Waals surface area contributed by atoms with Crippen LogP contribution in [0.15, 0.2) is 18.2 Å². The van der Waals surface area contributed by atoms with Crippen LogP contribution in [0.25, 0.3) is 0 Å². The fraction of sp³-hybridized carbons (Fsp3) is 0.471. The van der Waals surface area contributed by atoms with Gasteiger partial charge in [0, 0.05) is 13.1 Å². The van der Waals surface area contributed by atoms with E-state index >= 15 is 0 Å². The zero-order valence-electron chi connectivity index (χ0n) is 14.0. The predicted octanol–water partition coefficient (Wildman–Crippen LogP) is 1.98. The Bertz CT molecular complexity index is 656. The summed E-state index contributed by atoms with van der Waals surface area (Å²) < 4.78 is 5.60. The van der Waals surface area contributed by atoms with Gasteiger partial charge in [-0.2, -0.15) is 0 Å². The predicted molar refractivity (Wildman–Crippen MR) is 88.2 cm³/mol. The molecule has 7 heteroatoms. The van der Waals surface area contributed by atoms with Gasteiger partial charge in [-0.05, 0) is 25.0 Å². The fourth-order valence-electron chi connectivity index (χ4n) is 2.51. The quantitative estimate of drug-likeness (QED) is 0.829. The minimum Gasteiger partial charge on any atom is -0.481 e. The minimum absolute atomic E-state index is 0.123. The molecule has 0 saturated heterocycles.